The zero-order valence-corrected chi connectivity index (χ0v) is 10.3. The highest BCUT2D eigenvalue weighted by Crippen LogP contribution is 2.26. The first-order valence-electron chi connectivity index (χ1n) is 5.87. The molecule has 1 aliphatic rings. The van der Waals surface area contributed by atoms with E-state index in [-0.39, 0.29) is 5.54 Å². The summed E-state index contributed by atoms with van der Waals surface area (Å²) in [6.45, 7) is 5.60. The van der Waals surface area contributed by atoms with Crippen molar-refractivity contribution in [1.82, 2.24) is 4.98 Å². The minimum Gasteiger partial charge on any atom is -0.381 e. The molecule has 1 aromatic rings. The molecule has 0 radical (unpaired) electrons. The number of pyridine rings is 1. The van der Waals surface area contributed by atoms with Crippen LogP contribution in [0, 0.1) is 18.3 Å². The van der Waals surface area contributed by atoms with Crippen LogP contribution in [0.2, 0.25) is 0 Å². The summed E-state index contributed by atoms with van der Waals surface area (Å²) >= 11 is 0. The van der Waals surface area contributed by atoms with Gasteiger partial charge in [-0.2, -0.15) is 5.26 Å². The quantitative estimate of drug-likeness (QED) is 0.848. The normalized spacial score (nSPS) is 18.4. The van der Waals surface area contributed by atoms with Gasteiger partial charge in [0.15, 0.2) is 0 Å². The standard InChI is InChI=1S/C13H17N3O/c1-10-3-4-11(9-14)12(15-10)16-13(2)5-7-17-8-6-13/h3-4H,5-8H2,1-2H3,(H,15,16). The van der Waals surface area contributed by atoms with Crippen LogP contribution >= 0.6 is 0 Å². The predicted octanol–water partition coefficient (Wildman–Crippen LogP) is 2.24. The molecule has 0 aliphatic carbocycles. The van der Waals surface area contributed by atoms with Gasteiger partial charge in [0.2, 0.25) is 0 Å². The number of aryl methyl sites for hydroxylation is 1. The van der Waals surface area contributed by atoms with Gasteiger partial charge in [-0.3, -0.25) is 0 Å². The van der Waals surface area contributed by atoms with Gasteiger partial charge in [0, 0.05) is 24.4 Å². The molecule has 0 saturated carbocycles. The molecule has 0 aromatic carbocycles. The highest BCUT2D eigenvalue weighted by Gasteiger charge is 2.28. The van der Waals surface area contributed by atoms with E-state index in [1.807, 2.05) is 19.1 Å². The van der Waals surface area contributed by atoms with Crippen LogP contribution in [-0.2, 0) is 4.74 Å². The van der Waals surface area contributed by atoms with Crippen molar-refractivity contribution in [2.24, 2.45) is 0 Å². The van der Waals surface area contributed by atoms with Gasteiger partial charge in [0.05, 0.1) is 5.56 Å². The smallest absolute Gasteiger partial charge is 0.144 e. The van der Waals surface area contributed by atoms with Crippen LogP contribution in [0.1, 0.15) is 31.0 Å². The van der Waals surface area contributed by atoms with Crippen molar-refractivity contribution in [3.8, 4) is 6.07 Å². The Bertz CT molecular complexity index is 444. The Hall–Kier alpha value is -1.60. The van der Waals surface area contributed by atoms with Gasteiger partial charge in [0.25, 0.3) is 0 Å². The van der Waals surface area contributed by atoms with Crippen molar-refractivity contribution in [2.45, 2.75) is 32.2 Å². The summed E-state index contributed by atoms with van der Waals surface area (Å²) in [5.41, 5.74) is 1.50. The number of hydrogen-bond acceptors (Lipinski definition) is 4. The first kappa shape index (κ1) is 11.9. The summed E-state index contributed by atoms with van der Waals surface area (Å²) in [7, 11) is 0. The van der Waals surface area contributed by atoms with E-state index in [0.717, 1.165) is 31.7 Å². The summed E-state index contributed by atoms with van der Waals surface area (Å²) in [6.07, 6.45) is 1.88. The zero-order valence-electron chi connectivity index (χ0n) is 10.3. The lowest BCUT2D eigenvalue weighted by molar-refractivity contribution is 0.0657. The number of aromatic nitrogens is 1. The molecule has 17 heavy (non-hydrogen) atoms. The van der Waals surface area contributed by atoms with Crippen LogP contribution in [0.3, 0.4) is 0 Å². The Morgan fingerprint density at radius 3 is 2.76 bits per heavy atom. The Morgan fingerprint density at radius 2 is 2.12 bits per heavy atom. The van der Waals surface area contributed by atoms with Crippen molar-refractivity contribution in [1.29, 1.82) is 5.26 Å². The van der Waals surface area contributed by atoms with Gasteiger partial charge in [0.1, 0.15) is 11.9 Å². The molecule has 0 amide bonds. The maximum atomic E-state index is 9.07. The first-order chi connectivity index (χ1) is 8.13. The van der Waals surface area contributed by atoms with Gasteiger partial charge >= 0.3 is 0 Å². The van der Waals surface area contributed by atoms with Crippen molar-refractivity contribution in [3.05, 3.63) is 23.4 Å². The van der Waals surface area contributed by atoms with E-state index < -0.39 is 0 Å². The van der Waals surface area contributed by atoms with Crippen molar-refractivity contribution < 1.29 is 4.74 Å². The zero-order chi connectivity index (χ0) is 12.3. The fraction of sp³-hybridized carbons (Fsp3) is 0.538. The maximum Gasteiger partial charge on any atom is 0.144 e. The van der Waals surface area contributed by atoms with Crippen LogP contribution < -0.4 is 5.32 Å². The Morgan fingerprint density at radius 1 is 1.41 bits per heavy atom. The van der Waals surface area contributed by atoms with E-state index >= 15 is 0 Å². The summed E-state index contributed by atoms with van der Waals surface area (Å²) < 4.78 is 5.36. The highest BCUT2D eigenvalue weighted by molar-refractivity contribution is 5.53. The fourth-order valence-electron chi connectivity index (χ4n) is 1.97. The summed E-state index contributed by atoms with van der Waals surface area (Å²) in [4.78, 5) is 4.41. The van der Waals surface area contributed by atoms with Gasteiger partial charge in [-0.15, -0.1) is 0 Å². The number of anilines is 1. The van der Waals surface area contributed by atoms with E-state index in [4.69, 9.17) is 10.00 Å². The van der Waals surface area contributed by atoms with Gasteiger partial charge in [-0.25, -0.2) is 4.98 Å². The summed E-state index contributed by atoms with van der Waals surface area (Å²) in [5.74, 6) is 0.692. The first-order valence-corrected chi connectivity index (χ1v) is 5.87. The number of nitrogens with one attached hydrogen (secondary N) is 1. The molecule has 90 valence electrons. The summed E-state index contributed by atoms with van der Waals surface area (Å²) in [5, 5.41) is 12.5. The molecule has 0 bridgehead atoms. The van der Waals surface area contributed by atoms with Crippen LogP contribution in [0.4, 0.5) is 5.82 Å². The third-order valence-electron chi connectivity index (χ3n) is 3.17. The third kappa shape index (κ3) is 2.75. The largest absolute Gasteiger partial charge is 0.381 e. The second-order valence-electron chi connectivity index (χ2n) is 4.76. The van der Waals surface area contributed by atoms with E-state index in [0.29, 0.717) is 11.4 Å². The molecule has 2 heterocycles. The Kier molecular flexibility index (Phi) is 3.30. The molecule has 0 spiro atoms. The molecule has 2 rings (SSSR count). The monoisotopic (exact) mass is 231 g/mol. The van der Waals surface area contributed by atoms with E-state index in [1.54, 1.807) is 0 Å². The third-order valence-corrected chi connectivity index (χ3v) is 3.17. The van der Waals surface area contributed by atoms with Gasteiger partial charge < -0.3 is 10.1 Å². The second kappa shape index (κ2) is 4.72. The Labute approximate surface area is 102 Å². The SMILES string of the molecule is Cc1ccc(C#N)c(NC2(C)CCOCC2)n1. The predicted molar refractivity (Wildman–Crippen MR) is 65.8 cm³/mol. The molecule has 1 saturated heterocycles. The van der Waals surface area contributed by atoms with Crippen molar-refractivity contribution in [3.63, 3.8) is 0 Å². The lowest BCUT2D eigenvalue weighted by Gasteiger charge is -2.35. The lowest BCUT2D eigenvalue weighted by atomic mass is 9.92. The van der Waals surface area contributed by atoms with E-state index in [2.05, 4.69) is 23.3 Å². The molecule has 4 nitrogen and oxygen atoms in total. The molecule has 0 unspecified atom stereocenters. The maximum absolute atomic E-state index is 9.07. The molecular weight excluding hydrogens is 214 g/mol. The molecule has 1 N–H and O–H groups in total. The number of ether oxygens (including phenoxy) is 1. The Balaban J connectivity index is 2.22. The van der Waals surface area contributed by atoms with Crippen LogP contribution in [0.5, 0.6) is 0 Å². The number of nitrogens with zero attached hydrogens (tertiary/aromatic N) is 2. The molecular formula is C13H17N3O. The minimum atomic E-state index is -0.0232. The number of nitriles is 1. The second-order valence-corrected chi connectivity index (χ2v) is 4.76. The summed E-state index contributed by atoms with van der Waals surface area (Å²) in [6, 6.07) is 5.84. The van der Waals surface area contributed by atoms with Crippen molar-refractivity contribution in [2.75, 3.05) is 18.5 Å². The average molecular weight is 231 g/mol. The van der Waals surface area contributed by atoms with Crippen LogP contribution in [-0.4, -0.2) is 23.7 Å². The van der Waals surface area contributed by atoms with E-state index in [1.165, 1.54) is 0 Å². The van der Waals surface area contributed by atoms with Crippen LogP contribution in [0.15, 0.2) is 12.1 Å². The average Bonchev–Trinajstić information content (AvgIpc) is 2.29. The topological polar surface area (TPSA) is 57.9 Å². The lowest BCUT2D eigenvalue weighted by Crippen LogP contribution is -2.41. The molecule has 4 heteroatoms. The number of hydrogen-bond donors (Lipinski definition) is 1. The van der Waals surface area contributed by atoms with Crippen molar-refractivity contribution >= 4 is 5.82 Å². The number of rotatable bonds is 2. The molecule has 1 aliphatic heterocycles. The highest BCUT2D eigenvalue weighted by atomic mass is 16.5. The van der Waals surface area contributed by atoms with Crippen LogP contribution in [0.25, 0.3) is 0 Å². The van der Waals surface area contributed by atoms with Gasteiger partial charge in [-0.1, -0.05) is 0 Å². The van der Waals surface area contributed by atoms with E-state index in [9.17, 15) is 0 Å². The molecule has 1 fully saturated rings. The fourth-order valence-corrected chi connectivity index (χ4v) is 1.97. The molecule has 0 atom stereocenters. The minimum absolute atomic E-state index is 0.0232. The van der Waals surface area contributed by atoms with Gasteiger partial charge in [-0.05, 0) is 38.8 Å². The molecule has 1 aromatic heterocycles.